The molecule has 0 spiro atoms. The Morgan fingerprint density at radius 3 is 2.63 bits per heavy atom. The van der Waals surface area contributed by atoms with Crippen molar-refractivity contribution in [2.75, 3.05) is 5.32 Å². The zero-order chi connectivity index (χ0) is 19.1. The molecule has 0 atom stereocenters. The highest BCUT2D eigenvalue weighted by atomic mass is 32.1. The van der Waals surface area contributed by atoms with E-state index in [0.29, 0.717) is 10.5 Å². The zero-order valence-electron chi connectivity index (χ0n) is 14.4. The first-order valence-electron chi connectivity index (χ1n) is 8.03. The van der Waals surface area contributed by atoms with Crippen LogP contribution in [-0.4, -0.2) is 22.0 Å². The summed E-state index contributed by atoms with van der Waals surface area (Å²) < 4.78 is 5.55. The molecule has 6 nitrogen and oxygen atoms in total. The van der Waals surface area contributed by atoms with Crippen molar-refractivity contribution in [3.8, 4) is 9.75 Å². The molecule has 3 heterocycles. The Morgan fingerprint density at radius 1 is 1.19 bits per heavy atom. The molecule has 1 aromatic carbocycles. The molecule has 0 fully saturated rings. The molecule has 0 saturated heterocycles. The Labute approximate surface area is 162 Å². The normalized spacial score (nSPS) is 11.0. The average Bonchev–Trinajstić information content (AvgIpc) is 3.30. The summed E-state index contributed by atoms with van der Waals surface area (Å²) >= 11 is 2.71. The lowest BCUT2D eigenvalue weighted by Gasteiger charge is -2.04. The maximum atomic E-state index is 12.6. The first-order chi connectivity index (χ1) is 12.9. The van der Waals surface area contributed by atoms with Gasteiger partial charge in [0.1, 0.15) is 11.1 Å². The molecule has 0 unspecified atom stereocenters. The first-order valence-corrected chi connectivity index (χ1v) is 9.72. The number of hydrogen-bond donors (Lipinski definition) is 2. The highest BCUT2D eigenvalue weighted by molar-refractivity contribution is 7.21. The Kier molecular flexibility index (Phi) is 4.29. The maximum Gasteiger partial charge on any atom is 0.339 e. The van der Waals surface area contributed by atoms with Gasteiger partial charge in [0.2, 0.25) is 0 Å². The van der Waals surface area contributed by atoms with Crippen LogP contribution in [0, 0.1) is 13.8 Å². The summed E-state index contributed by atoms with van der Waals surface area (Å²) in [5.74, 6) is -1.46. The molecule has 136 valence electrons. The molecule has 0 aliphatic heterocycles. The monoisotopic (exact) mass is 398 g/mol. The third-order valence-corrected chi connectivity index (χ3v) is 6.23. The number of hydrogen-bond acceptors (Lipinski definition) is 6. The quantitative estimate of drug-likeness (QED) is 0.494. The van der Waals surface area contributed by atoms with Crippen LogP contribution in [0.3, 0.4) is 0 Å². The number of carboxylic acid groups (broad SMARTS) is 1. The van der Waals surface area contributed by atoms with E-state index >= 15 is 0 Å². The Balaban J connectivity index is 1.70. The minimum atomic E-state index is -1.10. The second-order valence-corrected chi connectivity index (χ2v) is 7.99. The fourth-order valence-electron chi connectivity index (χ4n) is 2.85. The summed E-state index contributed by atoms with van der Waals surface area (Å²) in [6.45, 7) is 3.72. The number of rotatable bonds is 4. The van der Waals surface area contributed by atoms with Gasteiger partial charge in [-0.3, -0.25) is 4.79 Å². The number of aromatic nitrogens is 1. The third-order valence-electron chi connectivity index (χ3n) is 4.01. The third kappa shape index (κ3) is 3.13. The summed E-state index contributed by atoms with van der Waals surface area (Å²) in [5, 5.41) is 15.7. The number of aromatic carboxylic acids is 1. The number of para-hydroxylation sites is 1. The molecule has 1 amide bonds. The number of benzene rings is 1. The van der Waals surface area contributed by atoms with Gasteiger partial charge in [0.15, 0.2) is 5.76 Å². The van der Waals surface area contributed by atoms with E-state index in [9.17, 15) is 14.7 Å². The molecule has 3 aromatic heterocycles. The van der Waals surface area contributed by atoms with E-state index in [4.69, 9.17) is 4.42 Å². The van der Waals surface area contributed by atoms with E-state index < -0.39 is 11.9 Å². The molecule has 0 radical (unpaired) electrons. The van der Waals surface area contributed by atoms with E-state index in [2.05, 4.69) is 10.3 Å². The van der Waals surface area contributed by atoms with Crippen molar-refractivity contribution in [3.05, 3.63) is 57.7 Å². The number of fused-ring (bicyclic) bond motifs is 1. The van der Waals surface area contributed by atoms with Crippen LogP contribution in [0.25, 0.3) is 20.7 Å². The van der Waals surface area contributed by atoms with Crippen LogP contribution in [-0.2, 0) is 0 Å². The molecule has 0 bridgehead atoms. The second kappa shape index (κ2) is 6.64. The van der Waals surface area contributed by atoms with Gasteiger partial charge in [0.25, 0.3) is 5.91 Å². The van der Waals surface area contributed by atoms with Crippen LogP contribution in [0.15, 0.2) is 40.1 Å². The fraction of sp³-hybridized carbons (Fsp3) is 0.105. The van der Waals surface area contributed by atoms with Gasteiger partial charge >= 0.3 is 5.97 Å². The van der Waals surface area contributed by atoms with E-state index in [-0.39, 0.29) is 17.0 Å². The summed E-state index contributed by atoms with van der Waals surface area (Å²) in [4.78, 5) is 30.2. The van der Waals surface area contributed by atoms with Gasteiger partial charge in [-0.1, -0.05) is 18.2 Å². The fourth-order valence-corrected chi connectivity index (χ4v) is 4.97. The van der Waals surface area contributed by atoms with E-state index in [1.165, 1.54) is 22.7 Å². The largest absolute Gasteiger partial charge is 0.478 e. The number of carbonyl (C=O) groups excluding carboxylic acids is 1. The molecule has 8 heteroatoms. The van der Waals surface area contributed by atoms with Gasteiger partial charge in [-0.15, -0.1) is 22.7 Å². The smallest absolute Gasteiger partial charge is 0.339 e. The van der Waals surface area contributed by atoms with E-state index in [0.717, 1.165) is 21.0 Å². The van der Waals surface area contributed by atoms with Crippen molar-refractivity contribution in [2.45, 2.75) is 13.8 Å². The number of furan rings is 1. The number of carboxylic acids is 1. The number of anilines is 1. The van der Waals surface area contributed by atoms with Crippen LogP contribution in [0.5, 0.6) is 0 Å². The Morgan fingerprint density at radius 2 is 1.96 bits per heavy atom. The number of aryl methyl sites for hydroxylation is 2. The summed E-state index contributed by atoms with van der Waals surface area (Å²) in [6.07, 6.45) is 0. The molecule has 4 aromatic rings. The summed E-state index contributed by atoms with van der Waals surface area (Å²) in [5.41, 5.74) is 1.69. The maximum absolute atomic E-state index is 12.6. The molecule has 27 heavy (non-hydrogen) atoms. The standard InChI is InChI=1S/C19H14N2O4S2/c1-9-16(27-10(2)20-9)17-15(19(23)24)12(8-26-17)21-18(22)14-7-11-5-3-4-6-13(11)25-14/h3-8H,1-2H3,(H,21,22)(H,23,24). The molecule has 0 saturated carbocycles. The predicted molar refractivity (Wildman–Crippen MR) is 106 cm³/mol. The van der Waals surface area contributed by atoms with Gasteiger partial charge in [-0.2, -0.15) is 0 Å². The number of thiophene rings is 1. The van der Waals surface area contributed by atoms with Gasteiger partial charge in [0.05, 0.1) is 26.1 Å². The van der Waals surface area contributed by atoms with Gasteiger partial charge in [0, 0.05) is 10.8 Å². The topological polar surface area (TPSA) is 92.4 Å². The van der Waals surface area contributed by atoms with E-state index in [1.807, 2.05) is 32.0 Å². The zero-order valence-corrected chi connectivity index (χ0v) is 16.0. The van der Waals surface area contributed by atoms with Gasteiger partial charge in [-0.05, 0) is 26.0 Å². The molecule has 2 N–H and O–H groups in total. The molecular weight excluding hydrogens is 384 g/mol. The van der Waals surface area contributed by atoms with Crippen molar-refractivity contribution in [3.63, 3.8) is 0 Å². The van der Waals surface area contributed by atoms with E-state index in [1.54, 1.807) is 17.5 Å². The summed E-state index contributed by atoms with van der Waals surface area (Å²) in [7, 11) is 0. The van der Waals surface area contributed by atoms with Crippen molar-refractivity contribution in [2.24, 2.45) is 0 Å². The van der Waals surface area contributed by atoms with Crippen molar-refractivity contribution >= 4 is 51.2 Å². The molecule has 0 aliphatic rings. The minimum absolute atomic E-state index is 0.0659. The number of amides is 1. The first kappa shape index (κ1) is 17.4. The highest BCUT2D eigenvalue weighted by Crippen LogP contribution is 2.40. The lowest BCUT2D eigenvalue weighted by Crippen LogP contribution is -2.13. The number of carbonyl (C=O) groups is 2. The van der Waals surface area contributed by atoms with Crippen molar-refractivity contribution in [1.82, 2.24) is 4.98 Å². The minimum Gasteiger partial charge on any atom is -0.478 e. The Bertz CT molecular complexity index is 1150. The lowest BCUT2D eigenvalue weighted by molar-refractivity contribution is 0.0699. The van der Waals surface area contributed by atoms with Gasteiger partial charge in [-0.25, -0.2) is 9.78 Å². The van der Waals surface area contributed by atoms with Gasteiger partial charge < -0.3 is 14.8 Å². The predicted octanol–water partition coefficient (Wildman–Crippen LogP) is 5.19. The lowest BCUT2D eigenvalue weighted by atomic mass is 10.2. The van der Waals surface area contributed by atoms with Crippen LogP contribution < -0.4 is 5.32 Å². The average molecular weight is 398 g/mol. The van der Waals surface area contributed by atoms with Crippen LogP contribution >= 0.6 is 22.7 Å². The SMILES string of the molecule is Cc1nc(C)c(-c2scc(NC(=O)c3cc4ccccc4o3)c2C(=O)O)s1. The summed E-state index contributed by atoms with van der Waals surface area (Å²) in [6, 6.07) is 8.92. The molecular formula is C19H14N2O4S2. The second-order valence-electron chi connectivity index (χ2n) is 5.91. The number of nitrogens with one attached hydrogen (secondary N) is 1. The van der Waals surface area contributed by atoms with Crippen LogP contribution in [0.1, 0.15) is 31.6 Å². The molecule has 0 aliphatic carbocycles. The number of thiazole rings is 1. The van der Waals surface area contributed by atoms with Crippen LogP contribution in [0.4, 0.5) is 5.69 Å². The molecule has 4 rings (SSSR count). The van der Waals surface area contributed by atoms with Crippen molar-refractivity contribution < 1.29 is 19.1 Å². The Hall–Kier alpha value is -2.97. The number of nitrogens with zero attached hydrogens (tertiary/aromatic N) is 1. The highest BCUT2D eigenvalue weighted by Gasteiger charge is 2.24. The van der Waals surface area contributed by atoms with Crippen molar-refractivity contribution in [1.29, 1.82) is 0 Å². The van der Waals surface area contributed by atoms with Crippen LogP contribution in [0.2, 0.25) is 0 Å².